The summed E-state index contributed by atoms with van der Waals surface area (Å²) in [5, 5.41) is 2.74. The van der Waals surface area contributed by atoms with Gasteiger partial charge in [-0.05, 0) is 31.2 Å². The Kier molecular flexibility index (Phi) is 3.36. The lowest BCUT2D eigenvalue weighted by Gasteiger charge is -2.02. The number of nitrogens with one attached hydrogen (secondary N) is 1. The minimum absolute atomic E-state index is 0.122. The fraction of sp³-hybridized carbons (Fsp3) is 0.0909. The van der Waals surface area contributed by atoms with Crippen LogP contribution in [0.4, 0.5) is 5.82 Å². The fourth-order valence-electron chi connectivity index (χ4n) is 1.21. The van der Waals surface area contributed by atoms with Crippen molar-refractivity contribution in [3.8, 4) is 0 Å². The van der Waals surface area contributed by atoms with E-state index in [4.69, 9.17) is 0 Å². The first-order valence-corrected chi connectivity index (χ1v) is 6.25. The molecule has 2 aromatic rings. The number of hydrogen-bond acceptors (Lipinski definition) is 3. The molecule has 0 aliphatic heterocycles. The van der Waals surface area contributed by atoms with Gasteiger partial charge in [-0.15, -0.1) is 11.3 Å². The molecule has 0 spiro atoms. The number of hydrogen-bond donors (Lipinski definition) is 1. The number of aryl methyl sites for hydroxylation is 1. The zero-order chi connectivity index (χ0) is 11.5. The molecule has 2 heterocycles. The van der Waals surface area contributed by atoms with Gasteiger partial charge in [0.25, 0.3) is 5.91 Å². The van der Waals surface area contributed by atoms with Gasteiger partial charge in [0, 0.05) is 15.5 Å². The largest absolute Gasteiger partial charge is 0.306 e. The molecular weight excluding hydrogens is 288 g/mol. The highest BCUT2D eigenvalue weighted by Crippen LogP contribution is 2.18. The minimum Gasteiger partial charge on any atom is -0.306 e. The summed E-state index contributed by atoms with van der Waals surface area (Å²) in [5.74, 6) is 0.425. The molecule has 0 aliphatic carbocycles. The highest BCUT2D eigenvalue weighted by atomic mass is 79.9. The number of rotatable bonds is 2. The number of nitrogens with zero attached hydrogens (tertiary/aromatic N) is 1. The van der Waals surface area contributed by atoms with Gasteiger partial charge in [0.15, 0.2) is 0 Å². The molecule has 5 heteroatoms. The first-order valence-electron chi connectivity index (χ1n) is 4.64. The molecule has 0 aromatic carbocycles. The lowest BCUT2D eigenvalue weighted by molar-refractivity contribution is 0.103. The predicted molar refractivity (Wildman–Crippen MR) is 68.9 cm³/mol. The molecule has 0 aliphatic rings. The van der Waals surface area contributed by atoms with E-state index in [-0.39, 0.29) is 5.91 Å². The van der Waals surface area contributed by atoms with Gasteiger partial charge in [-0.25, -0.2) is 4.98 Å². The van der Waals surface area contributed by atoms with Crippen molar-refractivity contribution in [3.63, 3.8) is 0 Å². The molecule has 3 nitrogen and oxygen atoms in total. The van der Waals surface area contributed by atoms with Crippen LogP contribution in [-0.4, -0.2) is 10.9 Å². The monoisotopic (exact) mass is 296 g/mol. The Morgan fingerprint density at radius 2 is 2.25 bits per heavy atom. The van der Waals surface area contributed by atoms with Crippen LogP contribution in [0, 0.1) is 6.92 Å². The second-order valence-electron chi connectivity index (χ2n) is 3.22. The lowest BCUT2D eigenvalue weighted by Crippen LogP contribution is -2.11. The Morgan fingerprint density at radius 3 is 2.88 bits per heavy atom. The Labute approximate surface area is 106 Å². The average molecular weight is 297 g/mol. The van der Waals surface area contributed by atoms with Crippen molar-refractivity contribution in [2.24, 2.45) is 0 Å². The first kappa shape index (κ1) is 11.3. The van der Waals surface area contributed by atoms with Crippen molar-refractivity contribution in [1.29, 1.82) is 0 Å². The van der Waals surface area contributed by atoms with E-state index in [0.29, 0.717) is 10.7 Å². The van der Waals surface area contributed by atoms with Gasteiger partial charge in [0.05, 0.1) is 4.88 Å². The summed E-state index contributed by atoms with van der Waals surface area (Å²) in [5.41, 5.74) is 0. The molecule has 0 bridgehead atoms. The minimum atomic E-state index is -0.122. The summed E-state index contributed by atoms with van der Waals surface area (Å²) in [6, 6.07) is 7.31. The van der Waals surface area contributed by atoms with E-state index in [1.165, 1.54) is 11.3 Å². The Balaban J connectivity index is 2.13. The van der Waals surface area contributed by atoms with Crippen molar-refractivity contribution in [1.82, 2.24) is 4.98 Å². The summed E-state index contributed by atoms with van der Waals surface area (Å²) in [6.45, 7) is 1.97. The molecule has 2 rings (SSSR count). The topological polar surface area (TPSA) is 42.0 Å². The summed E-state index contributed by atoms with van der Waals surface area (Å²) in [6.07, 6.45) is 1.64. The Morgan fingerprint density at radius 1 is 1.44 bits per heavy atom. The fourth-order valence-corrected chi connectivity index (χ4v) is 2.31. The van der Waals surface area contributed by atoms with Gasteiger partial charge in [-0.2, -0.15) is 0 Å². The molecule has 0 fully saturated rings. The van der Waals surface area contributed by atoms with Crippen molar-refractivity contribution in [3.05, 3.63) is 44.7 Å². The molecule has 0 unspecified atom stereocenters. The van der Waals surface area contributed by atoms with Crippen molar-refractivity contribution >= 4 is 39.0 Å². The summed E-state index contributed by atoms with van der Waals surface area (Å²) < 4.78 is 0.889. The quantitative estimate of drug-likeness (QED) is 0.922. The van der Waals surface area contributed by atoms with E-state index in [9.17, 15) is 4.79 Å². The third kappa shape index (κ3) is 2.68. The maximum Gasteiger partial charge on any atom is 0.266 e. The van der Waals surface area contributed by atoms with Crippen LogP contribution in [0.5, 0.6) is 0 Å². The van der Waals surface area contributed by atoms with Gasteiger partial charge in [-0.3, -0.25) is 4.79 Å². The molecule has 2 aromatic heterocycles. The zero-order valence-corrected chi connectivity index (χ0v) is 10.9. The molecular formula is C11H9BrN2OS. The average Bonchev–Trinajstić information content (AvgIpc) is 2.65. The van der Waals surface area contributed by atoms with Crippen LogP contribution in [-0.2, 0) is 0 Å². The highest BCUT2D eigenvalue weighted by molar-refractivity contribution is 9.10. The van der Waals surface area contributed by atoms with Gasteiger partial charge in [0.1, 0.15) is 5.82 Å². The maximum atomic E-state index is 11.8. The molecule has 82 valence electrons. The smallest absolute Gasteiger partial charge is 0.266 e. The predicted octanol–water partition coefficient (Wildman–Crippen LogP) is 3.47. The second-order valence-corrected chi connectivity index (χ2v) is 5.43. The molecule has 1 amide bonds. The van der Waals surface area contributed by atoms with Crippen molar-refractivity contribution in [2.45, 2.75) is 6.92 Å². The first-order chi connectivity index (χ1) is 7.65. The highest BCUT2D eigenvalue weighted by Gasteiger charge is 2.08. The number of amides is 1. The third-order valence-electron chi connectivity index (χ3n) is 1.93. The van der Waals surface area contributed by atoms with E-state index in [2.05, 4.69) is 26.2 Å². The number of carbonyl (C=O) groups excluding carboxylic acids is 1. The van der Waals surface area contributed by atoms with Crippen molar-refractivity contribution in [2.75, 3.05) is 5.32 Å². The SMILES string of the molecule is Cc1ccc(C(=O)Nc2cc(Br)ccn2)s1. The van der Waals surface area contributed by atoms with E-state index in [0.717, 1.165) is 9.35 Å². The number of aromatic nitrogens is 1. The van der Waals surface area contributed by atoms with Crippen LogP contribution in [0.15, 0.2) is 34.9 Å². The number of anilines is 1. The summed E-state index contributed by atoms with van der Waals surface area (Å²) >= 11 is 4.79. The Bertz CT molecular complexity index is 524. The molecule has 0 atom stereocenters. The van der Waals surface area contributed by atoms with E-state index >= 15 is 0 Å². The molecule has 0 saturated carbocycles. The van der Waals surface area contributed by atoms with Crippen LogP contribution in [0.25, 0.3) is 0 Å². The lowest BCUT2D eigenvalue weighted by atomic mass is 10.4. The van der Waals surface area contributed by atoms with Gasteiger partial charge in [-0.1, -0.05) is 15.9 Å². The normalized spacial score (nSPS) is 10.1. The standard InChI is InChI=1S/C11H9BrN2OS/c1-7-2-3-9(16-7)11(15)14-10-6-8(12)4-5-13-10/h2-6H,1H3,(H,13,14,15). The van der Waals surface area contributed by atoms with Crippen molar-refractivity contribution < 1.29 is 4.79 Å². The van der Waals surface area contributed by atoms with Crippen LogP contribution >= 0.6 is 27.3 Å². The summed E-state index contributed by atoms with van der Waals surface area (Å²) in [7, 11) is 0. The van der Waals surface area contributed by atoms with Gasteiger partial charge in [0.2, 0.25) is 0 Å². The summed E-state index contributed by atoms with van der Waals surface area (Å²) in [4.78, 5) is 17.6. The molecule has 16 heavy (non-hydrogen) atoms. The molecule has 1 N–H and O–H groups in total. The molecule has 0 saturated heterocycles. The van der Waals surface area contributed by atoms with Crippen LogP contribution in [0.3, 0.4) is 0 Å². The van der Waals surface area contributed by atoms with Crippen LogP contribution in [0.1, 0.15) is 14.5 Å². The van der Waals surface area contributed by atoms with E-state index in [1.807, 2.05) is 25.1 Å². The van der Waals surface area contributed by atoms with E-state index < -0.39 is 0 Å². The molecule has 0 radical (unpaired) electrons. The second kappa shape index (κ2) is 4.76. The van der Waals surface area contributed by atoms with Gasteiger partial charge >= 0.3 is 0 Å². The van der Waals surface area contributed by atoms with Crippen LogP contribution in [0.2, 0.25) is 0 Å². The number of carbonyl (C=O) groups is 1. The van der Waals surface area contributed by atoms with Crippen LogP contribution < -0.4 is 5.32 Å². The maximum absolute atomic E-state index is 11.8. The van der Waals surface area contributed by atoms with E-state index in [1.54, 1.807) is 12.3 Å². The number of thiophene rings is 1. The number of pyridine rings is 1. The third-order valence-corrected chi connectivity index (χ3v) is 3.42. The van der Waals surface area contributed by atoms with Gasteiger partial charge < -0.3 is 5.32 Å². The number of halogens is 1. The Hall–Kier alpha value is -1.20. The zero-order valence-electron chi connectivity index (χ0n) is 8.53.